The molecule has 0 spiro atoms. The number of aliphatic hydroxyl groups is 1. The second kappa shape index (κ2) is 6.53. The van der Waals surface area contributed by atoms with Crippen molar-refractivity contribution in [1.82, 2.24) is 9.21 Å². The van der Waals surface area contributed by atoms with Crippen molar-refractivity contribution in [1.29, 1.82) is 0 Å². The molecule has 0 unspecified atom stereocenters. The maximum absolute atomic E-state index is 12.5. The van der Waals surface area contributed by atoms with E-state index < -0.39 is 10.0 Å². The van der Waals surface area contributed by atoms with Gasteiger partial charge in [-0.25, -0.2) is 8.42 Å². The highest BCUT2D eigenvalue weighted by Gasteiger charge is 2.29. The van der Waals surface area contributed by atoms with Gasteiger partial charge in [-0.3, -0.25) is 4.90 Å². The van der Waals surface area contributed by atoms with E-state index in [0.717, 1.165) is 11.3 Å². The molecule has 1 aliphatic heterocycles. The highest BCUT2D eigenvalue weighted by atomic mass is 32.2. The fourth-order valence-corrected chi connectivity index (χ4v) is 5.21. The number of aliphatic hydroxyl groups excluding tert-OH is 1. The summed E-state index contributed by atoms with van der Waals surface area (Å²) in [5.74, 6) is 0. The lowest BCUT2D eigenvalue weighted by Crippen LogP contribution is -2.49. The van der Waals surface area contributed by atoms with Crippen molar-refractivity contribution >= 4 is 21.4 Å². The Labute approximate surface area is 124 Å². The van der Waals surface area contributed by atoms with Gasteiger partial charge >= 0.3 is 0 Å². The summed E-state index contributed by atoms with van der Waals surface area (Å²) in [6, 6.07) is 3.60. The van der Waals surface area contributed by atoms with Gasteiger partial charge < -0.3 is 5.11 Å². The molecule has 1 aromatic rings. The van der Waals surface area contributed by atoms with E-state index in [1.54, 1.807) is 17.3 Å². The fourth-order valence-electron chi connectivity index (χ4n) is 2.34. The number of thiophene rings is 1. The molecule has 0 amide bonds. The minimum absolute atomic E-state index is 0.373. The Balaban J connectivity index is 2.02. The van der Waals surface area contributed by atoms with E-state index in [0.29, 0.717) is 36.9 Å². The highest BCUT2D eigenvalue weighted by Crippen LogP contribution is 2.25. The standard InChI is InChI=1S/C13H22N2O3S2/c1-3-12-4-5-13(19-12)20(17,18)15-8-6-14(7-9-15)10-11(2)16/h4-5,11,16H,3,6-10H2,1-2H3/t11-/m0/s1. The van der Waals surface area contributed by atoms with E-state index in [9.17, 15) is 13.5 Å². The van der Waals surface area contributed by atoms with Crippen LogP contribution >= 0.6 is 11.3 Å². The predicted octanol–water partition coefficient (Wildman–Crippen LogP) is 0.998. The minimum Gasteiger partial charge on any atom is -0.392 e. The van der Waals surface area contributed by atoms with Crippen LogP contribution in [0, 0.1) is 0 Å². The van der Waals surface area contributed by atoms with Crippen LogP contribution in [0.15, 0.2) is 16.3 Å². The smallest absolute Gasteiger partial charge is 0.252 e. The minimum atomic E-state index is -3.34. The van der Waals surface area contributed by atoms with Crippen LogP contribution in [0.4, 0.5) is 0 Å². The molecule has 1 fully saturated rings. The largest absolute Gasteiger partial charge is 0.392 e. The molecule has 5 nitrogen and oxygen atoms in total. The molecule has 2 heterocycles. The summed E-state index contributed by atoms with van der Waals surface area (Å²) < 4.78 is 27.0. The molecular formula is C13H22N2O3S2. The van der Waals surface area contributed by atoms with Gasteiger partial charge in [0.1, 0.15) is 4.21 Å². The predicted molar refractivity (Wildman–Crippen MR) is 80.6 cm³/mol. The number of nitrogens with zero attached hydrogens (tertiary/aromatic N) is 2. The molecule has 114 valence electrons. The lowest BCUT2D eigenvalue weighted by atomic mass is 10.3. The average molecular weight is 318 g/mol. The van der Waals surface area contributed by atoms with E-state index in [1.165, 1.54) is 11.3 Å². The summed E-state index contributed by atoms with van der Waals surface area (Å²) in [4.78, 5) is 3.19. The number of sulfonamides is 1. The molecule has 1 N–H and O–H groups in total. The second-order valence-electron chi connectivity index (χ2n) is 5.13. The van der Waals surface area contributed by atoms with Crippen LogP contribution in [-0.2, 0) is 16.4 Å². The van der Waals surface area contributed by atoms with Crippen LogP contribution in [0.1, 0.15) is 18.7 Å². The molecule has 0 bridgehead atoms. The maximum Gasteiger partial charge on any atom is 0.252 e. The third kappa shape index (κ3) is 3.59. The van der Waals surface area contributed by atoms with Crippen molar-refractivity contribution in [3.8, 4) is 0 Å². The molecule has 1 aliphatic rings. The van der Waals surface area contributed by atoms with E-state index in [4.69, 9.17) is 0 Å². The Hall–Kier alpha value is -0.470. The van der Waals surface area contributed by atoms with Gasteiger partial charge in [0, 0.05) is 37.6 Å². The van der Waals surface area contributed by atoms with Crippen LogP contribution in [0.2, 0.25) is 0 Å². The van der Waals surface area contributed by atoms with Crippen molar-refractivity contribution in [2.24, 2.45) is 0 Å². The van der Waals surface area contributed by atoms with Crippen LogP contribution in [0.3, 0.4) is 0 Å². The zero-order valence-corrected chi connectivity index (χ0v) is 13.6. The first-order valence-corrected chi connectivity index (χ1v) is 9.18. The summed E-state index contributed by atoms with van der Waals surface area (Å²) in [7, 11) is -3.34. The molecule has 7 heteroatoms. The van der Waals surface area contributed by atoms with E-state index in [1.807, 2.05) is 13.0 Å². The number of piperazine rings is 1. The van der Waals surface area contributed by atoms with Crippen LogP contribution in [-0.4, -0.2) is 61.6 Å². The van der Waals surface area contributed by atoms with Gasteiger partial charge in [-0.05, 0) is 25.5 Å². The third-order valence-corrected chi connectivity index (χ3v) is 7.03. The number of hydrogen-bond acceptors (Lipinski definition) is 5. The van der Waals surface area contributed by atoms with Crippen molar-refractivity contribution in [3.63, 3.8) is 0 Å². The summed E-state index contributed by atoms with van der Waals surface area (Å²) in [6.07, 6.45) is 0.491. The van der Waals surface area contributed by atoms with Crippen LogP contribution in [0.25, 0.3) is 0 Å². The highest BCUT2D eigenvalue weighted by molar-refractivity contribution is 7.91. The summed E-state index contributed by atoms with van der Waals surface area (Å²) in [6.45, 7) is 6.72. The van der Waals surface area contributed by atoms with Gasteiger partial charge in [0.2, 0.25) is 0 Å². The molecule has 0 saturated carbocycles. The van der Waals surface area contributed by atoms with E-state index in [2.05, 4.69) is 4.90 Å². The van der Waals surface area contributed by atoms with Gasteiger partial charge in [-0.2, -0.15) is 4.31 Å². The topological polar surface area (TPSA) is 60.9 Å². The first-order valence-electron chi connectivity index (χ1n) is 6.92. The van der Waals surface area contributed by atoms with Crippen LogP contribution < -0.4 is 0 Å². The zero-order chi connectivity index (χ0) is 14.8. The van der Waals surface area contributed by atoms with Gasteiger partial charge in [-0.1, -0.05) is 6.92 Å². The van der Waals surface area contributed by atoms with Crippen molar-refractivity contribution in [3.05, 3.63) is 17.0 Å². The molecule has 1 saturated heterocycles. The second-order valence-corrected chi connectivity index (χ2v) is 8.46. The van der Waals surface area contributed by atoms with E-state index in [-0.39, 0.29) is 6.10 Å². The van der Waals surface area contributed by atoms with E-state index >= 15 is 0 Å². The summed E-state index contributed by atoms with van der Waals surface area (Å²) >= 11 is 1.36. The molecule has 1 atom stereocenters. The molecule has 0 aliphatic carbocycles. The Kier molecular flexibility index (Phi) is 5.19. The Morgan fingerprint density at radius 3 is 2.45 bits per heavy atom. The monoisotopic (exact) mass is 318 g/mol. The van der Waals surface area contributed by atoms with Crippen molar-refractivity contribution in [2.75, 3.05) is 32.7 Å². The van der Waals surface area contributed by atoms with Crippen molar-refractivity contribution < 1.29 is 13.5 Å². The molecule has 20 heavy (non-hydrogen) atoms. The summed E-state index contributed by atoms with van der Waals surface area (Å²) in [5, 5.41) is 9.37. The van der Waals surface area contributed by atoms with Gasteiger partial charge in [-0.15, -0.1) is 11.3 Å². The third-order valence-electron chi connectivity index (χ3n) is 3.43. The molecule has 0 radical (unpaired) electrons. The van der Waals surface area contributed by atoms with Crippen LogP contribution in [0.5, 0.6) is 0 Å². The Bertz CT molecular complexity index is 532. The molecule has 2 rings (SSSR count). The normalized spacial score (nSPS) is 20.1. The number of β-amino-alcohol motifs (C(OH)–C–C–N with tert-alkyl or cyclic N) is 1. The van der Waals surface area contributed by atoms with Gasteiger partial charge in [0.05, 0.1) is 6.10 Å². The fraction of sp³-hybridized carbons (Fsp3) is 0.692. The first kappa shape index (κ1) is 15.9. The maximum atomic E-state index is 12.5. The molecule has 1 aromatic heterocycles. The average Bonchev–Trinajstić information content (AvgIpc) is 2.88. The number of aryl methyl sites for hydroxylation is 1. The van der Waals surface area contributed by atoms with Crippen molar-refractivity contribution in [2.45, 2.75) is 30.6 Å². The first-order chi connectivity index (χ1) is 9.43. The number of hydrogen-bond donors (Lipinski definition) is 1. The molecule has 0 aromatic carbocycles. The number of rotatable bonds is 5. The SMILES string of the molecule is CCc1ccc(S(=O)(=O)N2CCN(C[C@H](C)O)CC2)s1. The van der Waals surface area contributed by atoms with Gasteiger partial charge in [0.25, 0.3) is 10.0 Å². The molecular weight excluding hydrogens is 296 g/mol. The lowest BCUT2D eigenvalue weighted by molar-refractivity contribution is 0.103. The Morgan fingerprint density at radius 1 is 1.30 bits per heavy atom. The summed E-state index contributed by atoms with van der Waals surface area (Å²) in [5.41, 5.74) is 0. The zero-order valence-electron chi connectivity index (χ0n) is 11.9. The quantitative estimate of drug-likeness (QED) is 0.880. The lowest BCUT2D eigenvalue weighted by Gasteiger charge is -2.34. The Morgan fingerprint density at radius 2 is 1.95 bits per heavy atom. The van der Waals surface area contributed by atoms with Gasteiger partial charge in [0.15, 0.2) is 0 Å².